The first-order chi connectivity index (χ1) is 24.5. The lowest BCUT2D eigenvalue weighted by molar-refractivity contribution is 0.660. The van der Waals surface area contributed by atoms with Crippen molar-refractivity contribution in [1.29, 1.82) is 0 Å². The van der Waals surface area contributed by atoms with Crippen LogP contribution in [0.15, 0.2) is 140 Å². The van der Waals surface area contributed by atoms with Crippen LogP contribution in [0, 0.1) is 6.92 Å². The van der Waals surface area contributed by atoms with Gasteiger partial charge in [0, 0.05) is 42.5 Å². The van der Waals surface area contributed by atoms with Crippen LogP contribution in [0.2, 0.25) is 0 Å². The van der Waals surface area contributed by atoms with Gasteiger partial charge in [-0.05, 0) is 110 Å². The lowest BCUT2D eigenvalue weighted by Gasteiger charge is -2.24. The van der Waals surface area contributed by atoms with Crippen molar-refractivity contribution in [3.05, 3.63) is 173 Å². The van der Waals surface area contributed by atoms with Gasteiger partial charge in [0.1, 0.15) is 0 Å². The van der Waals surface area contributed by atoms with Gasteiger partial charge in [-0.2, -0.15) is 0 Å². The highest BCUT2D eigenvalue weighted by atomic mass is 32.1. The van der Waals surface area contributed by atoms with E-state index in [1.54, 1.807) is 0 Å². The van der Waals surface area contributed by atoms with Crippen LogP contribution < -0.4 is 0 Å². The first-order valence-corrected chi connectivity index (χ1v) is 18.4. The molecule has 0 N–H and O–H groups in total. The summed E-state index contributed by atoms with van der Waals surface area (Å²) in [7, 11) is 0. The van der Waals surface area contributed by atoms with E-state index in [-0.39, 0.29) is 11.3 Å². The quantitative estimate of drug-likeness (QED) is 0.181. The molecule has 2 heterocycles. The minimum absolute atomic E-state index is 0.0369. The highest BCUT2D eigenvalue weighted by Gasteiger charge is 2.37. The smallest absolute Gasteiger partial charge is 0.0754 e. The SMILES string of the molecule is Cc1c(C2c3ccccc3-c3cc4c(cc32)sc2cc3ccccc3cc24)c(-c2ccc3c(c2)-c2ccccc2C3(C)C)nc2ccccc12. The summed E-state index contributed by atoms with van der Waals surface area (Å²) < 4.78 is 2.69. The number of aryl methyl sites for hydroxylation is 1. The van der Waals surface area contributed by atoms with Gasteiger partial charge in [-0.25, -0.2) is 4.98 Å². The number of pyridine rings is 1. The predicted molar refractivity (Wildman–Crippen MR) is 213 cm³/mol. The summed E-state index contributed by atoms with van der Waals surface area (Å²) in [6.07, 6.45) is 0. The van der Waals surface area contributed by atoms with Gasteiger partial charge in [-0.3, -0.25) is 0 Å². The van der Waals surface area contributed by atoms with Crippen LogP contribution in [-0.2, 0) is 5.41 Å². The normalized spacial score (nSPS) is 15.5. The fourth-order valence-corrected chi connectivity index (χ4v) is 10.5. The Morgan fingerprint density at radius 1 is 0.540 bits per heavy atom. The third kappa shape index (κ3) is 3.75. The van der Waals surface area contributed by atoms with E-state index in [4.69, 9.17) is 4.98 Å². The molecule has 0 bridgehead atoms. The molecule has 2 aliphatic carbocycles. The first kappa shape index (κ1) is 28.3. The maximum atomic E-state index is 5.55. The van der Waals surface area contributed by atoms with E-state index < -0.39 is 0 Å². The van der Waals surface area contributed by atoms with E-state index in [2.05, 4.69) is 160 Å². The zero-order valence-corrected chi connectivity index (χ0v) is 29.0. The second kappa shape index (κ2) is 10.00. The fourth-order valence-electron chi connectivity index (χ4n) is 9.30. The third-order valence-corrected chi connectivity index (χ3v) is 12.8. The molecule has 7 aromatic carbocycles. The minimum Gasteiger partial charge on any atom is -0.247 e. The molecule has 236 valence electrons. The summed E-state index contributed by atoms with van der Waals surface area (Å²) in [6, 6.07) is 52.2. The number of nitrogens with zero attached hydrogens (tertiary/aromatic N) is 1. The number of para-hydroxylation sites is 1. The highest BCUT2D eigenvalue weighted by Crippen LogP contribution is 2.55. The summed E-state index contributed by atoms with van der Waals surface area (Å²) in [5, 5.41) is 6.50. The van der Waals surface area contributed by atoms with Gasteiger partial charge >= 0.3 is 0 Å². The van der Waals surface area contributed by atoms with Gasteiger partial charge in [-0.1, -0.05) is 117 Å². The van der Waals surface area contributed by atoms with Gasteiger partial charge < -0.3 is 0 Å². The number of fused-ring (bicyclic) bond motifs is 11. The van der Waals surface area contributed by atoms with E-state index in [1.165, 1.54) is 97.5 Å². The topological polar surface area (TPSA) is 12.9 Å². The second-order valence-corrected chi connectivity index (χ2v) is 15.8. The monoisotopic (exact) mass is 655 g/mol. The molecule has 2 heteroatoms. The van der Waals surface area contributed by atoms with Gasteiger partial charge in [-0.15, -0.1) is 11.3 Å². The Labute approximate surface area is 295 Å². The Balaban J connectivity index is 1.20. The van der Waals surface area contributed by atoms with Crippen LogP contribution in [0.25, 0.3) is 75.4 Å². The molecule has 0 amide bonds. The van der Waals surface area contributed by atoms with Crippen LogP contribution >= 0.6 is 11.3 Å². The van der Waals surface area contributed by atoms with Gasteiger partial charge in [0.15, 0.2) is 0 Å². The van der Waals surface area contributed by atoms with Crippen molar-refractivity contribution in [2.24, 2.45) is 0 Å². The molecular weight excluding hydrogens is 623 g/mol. The molecule has 0 radical (unpaired) electrons. The summed E-state index contributed by atoms with van der Waals surface area (Å²) in [4.78, 5) is 5.55. The fraction of sp³-hybridized carbons (Fsp3) is 0.104. The zero-order chi connectivity index (χ0) is 33.3. The van der Waals surface area contributed by atoms with Crippen molar-refractivity contribution in [1.82, 2.24) is 4.98 Å². The molecule has 1 nitrogen and oxygen atoms in total. The molecule has 1 atom stereocenters. The van der Waals surface area contributed by atoms with Crippen LogP contribution in [0.4, 0.5) is 0 Å². The lowest BCUT2D eigenvalue weighted by Crippen LogP contribution is -2.14. The second-order valence-electron chi connectivity index (χ2n) is 14.7. The Kier molecular flexibility index (Phi) is 5.66. The Morgan fingerprint density at radius 3 is 2.10 bits per heavy atom. The largest absolute Gasteiger partial charge is 0.247 e. The Hall–Kier alpha value is -5.57. The molecule has 0 spiro atoms. The molecule has 0 aliphatic heterocycles. The number of hydrogen-bond acceptors (Lipinski definition) is 2. The van der Waals surface area contributed by atoms with Crippen molar-refractivity contribution in [3.63, 3.8) is 0 Å². The predicted octanol–water partition coefficient (Wildman–Crippen LogP) is 13.2. The summed E-state index contributed by atoms with van der Waals surface area (Å²) in [5.41, 5.74) is 16.8. The molecule has 1 unspecified atom stereocenters. The van der Waals surface area contributed by atoms with Crippen LogP contribution in [0.3, 0.4) is 0 Å². The average molecular weight is 656 g/mol. The maximum absolute atomic E-state index is 5.55. The van der Waals surface area contributed by atoms with E-state index in [0.29, 0.717) is 0 Å². The van der Waals surface area contributed by atoms with Crippen molar-refractivity contribution in [3.8, 4) is 33.5 Å². The van der Waals surface area contributed by atoms with E-state index >= 15 is 0 Å². The zero-order valence-electron chi connectivity index (χ0n) is 28.2. The van der Waals surface area contributed by atoms with Crippen molar-refractivity contribution in [2.75, 3.05) is 0 Å². The highest BCUT2D eigenvalue weighted by molar-refractivity contribution is 7.25. The number of aromatic nitrogens is 1. The van der Waals surface area contributed by atoms with Crippen molar-refractivity contribution < 1.29 is 0 Å². The van der Waals surface area contributed by atoms with Crippen LogP contribution in [0.1, 0.15) is 53.1 Å². The summed E-state index contributed by atoms with van der Waals surface area (Å²) >= 11 is 1.92. The lowest BCUT2D eigenvalue weighted by atomic mass is 9.81. The summed E-state index contributed by atoms with van der Waals surface area (Å²) in [5.74, 6) is 0.0685. The standard InChI is InChI=1S/C48H33NS/c1-27-31-14-9-11-19-42(31)49-47(30-20-21-41-36(23-30)33-16-8-10-18-40(33)48(41,2)3)45(27)46-34-17-7-6-15-32(34)35-25-38-37-22-28-12-4-5-13-29(28)24-43(37)50-44(38)26-39(35)46/h4-26,46H,1-3H3. The number of rotatable bonds is 2. The van der Waals surface area contributed by atoms with E-state index in [0.717, 1.165) is 11.2 Å². The molecule has 0 fully saturated rings. The van der Waals surface area contributed by atoms with E-state index in [9.17, 15) is 0 Å². The van der Waals surface area contributed by atoms with Crippen LogP contribution in [0.5, 0.6) is 0 Å². The average Bonchev–Trinajstić information content (AvgIpc) is 3.74. The molecular formula is C48H33NS. The summed E-state index contributed by atoms with van der Waals surface area (Å²) in [6.45, 7) is 7.02. The first-order valence-electron chi connectivity index (χ1n) is 17.6. The van der Waals surface area contributed by atoms with Crippen molar-refractivity contribution in [2.45, 2.75) is 32.1 Å². The maximum Gasteiger partial charge on any atom is 0.0754 e. The van der Waals surface area contributed by atoms with Crippen LogP contribution in [-0.4, -0.2) is 4.98 Å². The molecule has 2 aliphatic rings. The molecule has 0 saturated heterocycles. The number of hydrogen-bond donors (Lipinski definition) is 0. The number of benzene rings is 7. The molecule has 50 heavy (non-hydrogen) atoms. The molecule has 2 aromatic heterocycles. The van der Waals surface area contributed by atoms with E-state index in [1.807, 2.05) is 11.3 Å². The van der Waals surface area contributed by atoms with Gasteiger partial charge in [0.05, 0.1) is 11.2 Å². The minimum atomic E-state index is -0.0369. The Morgan fingerprint density at radius 2 is 1.22 bits per heavy atom. The molecule has 0 saturated carbocycles. The molecule has 9 aromatic rings. The third-order valence-electron chi connectivity index (χ3n) is 11.7. The Bertz CT molecular complexity index is 2920. The van der Waals surface area contributed by atoms with Crippen molar-refractivity contribution >= 4 is 53.2 Å². The van der Waals surface area contributed by atoms with Gasteiger partial charge in [0.25, 0.3) is 0 Å². The van der Waals surface area contributed by atoms with Gasteiger partial charge in [0.2, 0.25) is 0 Å². The molecule has 11 rings (SSSR count). The number of thiophene rings is 1.